The van der Waals surface area contributed by atoms with Gasteiger partial charge in [0.2, 0.25) is 0 Å². The maximum atomic E-state index is 5.42. The van der Waals surface area contributed by atoms with Crippen molar-refractivity contribution in [3.05, 3.63) is 29.6 Å². The van der Waals surface area contributed by atoms with Crippen LogP contribution in [-0.4, -0.2) is 36.4 Å². The molecular formula is C14H19N3O. The zero-order chi connectivity index (χ0) is 12.8. The van der Waals surface area contributed by atoms with Crippen LogP contribution in [0.3, 0.4) is 0 Å². The molecule has 4 heteroatoms. The third-order valence-corrected chi connectivity index (χ3v) is 3.99. The highest BCUT2D eigenvalue weighted by atomic mass is 16.5. The van der Waals surface area contributed by atoms with Crippen LogP contribution in [0, 0.1) is 6.92 Å². The molecular weight excluding hydrogens is 226 g/mol. The Morgan fingerprint density at radius 2 is 2.22 bits per heavy atom. The molecule has 0 radical (unpaired) electrons. The second-order valence-electron chi connectivity index (χ2n) is 5.22. The van der Waals surface area contributed by atoms with Crippen molar-refractivity contribution >= 4 is 11.0 Å². The fraction of sp³-hybridized carbons (Fsp3) is 0.500. The number of hydrogen-bond donors (Lipinski definition) is 1. The molecule has 1 aromatic carbocycles. The molecule has 1 saturated heterocycles. The molecule has 2 aromatic rings. The Kier molecular flexibility index (Phi) is 2.64. The highest BCUT2D eigenvalue weighted by Gasteiger charge is 2.39. The van der Waals surface area contributed by atoms with Gasteiger partial charge in [-0.15, -0.1) is 0 Å². The summed E-state index contributed by atoms with van der Waals surface area (Å²) < 4.78 is 7.55. The molecule has 96 valence electrons. The van der Waals surface area contributed by atoms with E-state index in [1.165, 1.54) is 11.1 Å². The summed E-state index contributed by atoms with van der Waals surface area (Å²) in [5, 5.41) is 3.27. The van der Waals surface area contributed by atoms with Crippen LogP contribution in [0.1, 0.15) is 11.4 Å². The Balaban J connectivity index is 2.07. The fourth-order valence-corrected chi connectivity index (χ4v) is 2.71. The number of aryl methyl sites for hydroxylation is 2. The van der Waals surface area contributed by atoms with E-state index in [0.29, 0.717) is 0 Å². The molecule has 1 aliphatic rings. The third-order valence-electron chi connectivity index (χ3n) is 3.99. The van der Waals surface area contributed by atoms with Crippen LogP contribution in [-0.2, 0) is 17.2 Å². The van der Waals surface area contributed by atoms with Crippen molar-refractivity contribution in [3.8, 4) is 0 Å². The molecule has 1 aliphatic heterocycles. The summed E-state index contributed by atoms with van der Waals surface area (Å²) in [6, 6.07) is 6.59. The number of nitrogens with one attached hydrogen (secondary N) is 1. The summed E-state index contributed by atoms with van der Waals surface area (Å²) in [5.41, 5.74) is 3.73. The molecule has 4 nitrogen and oxygen atoms in total. The largest absolute Gasteiger partial charge is 0.379 e. The van der Waals surface area contributed by atoms with E-state index in [1.807, 2.05) is 14.0 Å². The maximum Gasteiger partial charge on any atom is 0.106 e. The number of fused-ring (bicyclic) bond motifs is 1. The smallest absolute Gasteiger partial charge is 0.106 e. The van der Waals surface area contributed by atoms with Gasteiger partial charge in [-0.2, -0.15) is 0 Å². The number of likely N-dealkylation sites (N-methyl/N-ethyl adjacent to an activating group) is 1. The molecule has 0 unspecified atom stereocenters. The molecule has 0 saturated carbocycles. The van der Waals surface area contributed by atoms with Crippen LogP contribution in [0.2, 0.25) is 0 Å². The van der Waals surface area contributed by atoms with Crippen LogP contribution in [0.4, 0.5) is 0 Å². The highest BCUT2D eigenvalue weighted by molar-refractivity contribution is 5.77. The first-order valence-corrected chi connectivity index (χ1v) is 6.32. The van der Waals surface area contributed by atoms with E-state index in [9.17, 15) is 0 Å². The Morgan fingerprint density at radius 1 is 1.44 bits per heavy atom. The van der Waals surface area contributed by atoms with Gasteiger partial charge in [-0.1, -0.05) is 6.07 Å². The molecule has 1 aromatic heterocycles. The number of aromatic nitrogens is 2. The van der Waals surface area contributed by atoms with E-state index in [4.69, 9.17) is 4.74 Å². The predicted molar refractivity (Wildman–Crippen MR) is 71.9 cm³/mol. The van der Waals surface area contributed by atoms with Crippen molar-refractivity contribution in [2.75, 3.05) is 26.8 Å². The van der Waals surface area contributed by atoms with Gasteiger partial charge in [-0.25, -0.2) is 4.98 Å². The van der Waals surface area contributed by atoms with Gasteiger partial charge in [0.25, 0.3) is 0 Å². The highest BCUT2D eigenvalue weighted by Crippen LogP contribution is 2.33. The van der Waals surface area contributed by atoms with Gasteiger partial charge in [-0.3, -0.25) is 0 Å². The lowest BCUT2D eigenvalue weighted by molar-refractivity contribution is -0.0581. The summed E-state index contributed by atoms with van der Waals surface area (Å²) in [7, 11) is 4.05. The first-order chi connectivity index (χ1) is 8.66. The van der Waals surface area contributed by atoms with Crippen molar-refractivity contribution in [2.24, 2.45) is 7.05 Å². The number of ether oxygens (including phenoxy) is 1. The zero-order valence-electron chi connectivity index (χ0n) is 11.2. The molecule has 0 spiro atoms. The lowest BCUT2D eigenvalue weighted by atomic mass is 9.78. The summed E-state index contributed by atoms with van der Waals surface area (Å²) in [4.78, 5) is 4.61. The van der Waals surface area contributed by atoms with Gasteiger partial charge in [-0.05, 0) is 31.7 Å². The second-order valence-corrected chi connectivity index (χ2v) is 5.22. The minimum absolute atomic E-state index is 0.133. The van der Waals surface area contributed by atoms with Crippen molar-refractivity contribution in [2.45, 2.75) is 12.3 Å². The lowest BCUT2D eigenvalue weighted by Crippen LogP contribution is -2.52. The van der Waals surface area contributed by atoms with E-state index >= 15 is 0 Å². The minimum atomic E-state index is 0.133. The normalized spacial score (nSPS) is 17.9. The van der Waals surface area contributed by atoms with Gasteiger partial charge < -0.3 is 14.6 Å². The van der Waals surface area contributed by atoms with E-state index in [-0.39, 0.29) is 5.41 Å². The number of rotatable bonds is 3. The topological polar surface area (TPSA) is 39.1 Å². The van der Waals surface area contributed by atoms with Crippen molar-refractivity contribution in [1.29, 1.82) is 0 Å². The fourth-order valence-electron chi connectivity index (χ4n) is 2.71. The van der Waals surface area contributed by atoms with Crippen LogP contribution >= 0.6 is 0 Å². The molecule has 1 N–H and O–H groups in total. The average molecular weight is 245 g/mol. The van der Waals surface area contributed by atoms with Gasteiger partial charge in [0.05, 0.1) is 29.7 Å². The second kappa shape index (κ2) is 4.07. The molecule has 1 fully saturated rings. The quantitative estimate of drug-likeness (QED) is 0.887. The first-order valence-electron chi connectivity index (χ1n) is 6.32. The number of imidazole rings is 1. The maximum absolute atomic E-state index is 5.42. The first kappa shape index (κ1) is 11.7. The van der Waals surface area contributed by atoms with Gasteiger partial charge in [0.1, 0.15) is 5.82 Å². The Bertz CT molecular complexity index is 584. The molecule has 0 aliphatic carbocycles. The molecule has 0 atom stereocenters. The van der Waals surface area contributed by atoms with E-state index in [1.54, 1.807) is 0 Å². The van der Waals surface area contributed by atoms with Crippen LogP contribution in [0.5, 0.6) is 0 Å². The monoisotopic (exact) mass is 245 g/mol. The summed E-state index contributed by atoms with van der Waals surface area (Å²) in [6.07, 6.45) is 0. The van der Waals surface area contributed by atoms with Crippen LogP contribution in [0.15, 0.2) is 18.2 Å². The van der Waals surface area contributed by atoms with Gasteiger partial charge in [0.15, 0.2) is 0 Å². The number of hydrogen-bond acceptors (Lipinski definition) is 3. The van der Waals surface area contributed by atoms with Gasteiger partial charge >= 0.3 is 0 Å². The SMILES string of the molecule is CNCC1(c2ccc3c(c2)nc(C)n3C)COC1. The van der Waals surface area contributed by atoms with E-state index in [0.717, 1.165) is 31.1 Å². The van der Waals surface area contributed by atoms with Crippen LogP contribution in [0.25, 0.3) is 11.0 Å². The molecule has 2 heterocycles. The third kappa shape index (κ3) is 1.56. The standard InChI is InChI=1S/C14H19N3O/c1-10-16-12-6-11(4-5-13(12)17(10)3)14(7-15-2)8-18-9-14/h4-6,15H,7-9H2,1-3H3. The van der Waals surface area contributed by atoms with Crippen molar-refractivity contribution in [1.82, 2.24) is 14.9 Å². The zero-order valence-corrected chi connectivity index (χ0v) is 11.2. The summed E-state index contributed by atoms with van der Waals surface area (Å²) in [6.45, 7) is 4.58. The summed E-state index contributed by atoms with van der Waals surface area (Å²) in [5.74, 6) is 1.05. The number of benzene rings is 1. The van der Waals surface area contributed by atoms with E-state index in [2.05, 4.69) is 40.1 Å². The predicted octanol–water partition coefficient (Wildman–Crippen LogP) is 1.37. The Labute approximate surface area is 107 Å². The van der Waals surface area contributed by atoms with E-state index < -0.39 is 0 Å². The molecule has 0 amide bonds. The Morgan fingerprint density at radius 3 is 2.83 bits per heavy atom. The molecule has 18 heavy (non-hydrogen) atoms. The van der Waals surface area contributed by atoms with Crippen molar-refractivity contribution < 1.29 is 4.74 Å². The molecule has 3 rings (SSSR count). The summed E-state index contributed by atoms with van der Waals surface area (Å²) >= 11 is 0. The number of nitrogens with zero attached hydrogens (tertiary/aromatic N) is 2. The van der Waals surface area contributed by atoms with Crippen LogP contribution < -0.4 is 5.32 Å². The lowest BCUT2D eigenvalue weighted by Gasteiger charge is -2.41. The average Bonchev–Trinajstić information content (AvgIpc) is 2.59. The minimum Gasteiger partial charge on any atom is -0.379 e. The Hall–Kier alpha value is -1.39. The van der Waals surface area contributed by atoms with Crippen molar-refractivity contribution in [3.63, 3.8) is 0 Å². The van der Waals surface area contributed by atoms with Gasteiger partial charge in [0, 0.05) is 13.6 Å². The molecule has 0 bridgehead atoms.